The van der Waals surface area contributed by atoms with Gasteiger partial charge >= 0.3 is 5.97 Å². The highest BCUT2D eigenvalue weighted by Gasteiger charge is 2.29. The molecule has 104 valence electrons. The second-order valence-corrected chi connectivity index (χ2v) is 5.41. The van der Waals surface area contributed by atoms with Crippen molar-refractivity contribution in [1.29, 1.82) is 0 Å². The van der Waals surface area contributed by atoms with Gasteiger partial charge in [0.15, 0.2) is 0 Å². The van der Waals surface area contributed by atoms with Crippen LogP contribution in [-0.4, -0.2) is 34.2 Å². The summed E-state index contributed by atoms with van der Waals surface area (Å²) in [5.74, 6) is -0.718. The number of rotatable bonds is 3. The van der Waals surface area contributed by atoms with Gasteiger partial charge in [-0.25, -0.2) is 0 Å². The Hall–Kier alpha value is -1.55. The van der Waals surface area contributed by atoms with Gasteiger partial charge in [-0.2, -0.15) is 0 Å². The van der Waals surface area contributed by atoms with E-state index in [0.717, 1.165) is 30.5 Å². The van der Waals surface area contributed by atoms with Crippen LogP contribution in [0.3, 0.4) is 0 Å². The zero-order valence-electron chi connectivity index (χ0n) is 11.5. The monoisotopic (exact) mass is 263 g/mol. The van der Waals surface area contributed by atoms with E-state index in [9.17, 15) is 9.90 Å². The predicted octanol–water partition coefficient (Wildman–Crippen LogP) is 2.56. The average Bonchev–Trinajstić information content (AvgIpc) is 2.41. The van der Waals surface area contributed by atoms with E-state index in [0.29, 0.717) is 6.54 Å². The molecule has 1 saturated heterocycles. The number of aryl methyl sites for hydroxylation is 1. The molecule has 4 nitrogen and oxygen atoms in total. The van der Waals surface area contributed by atoms with Crippen molar-refractivity contribution in [3.05, 3.63) is 29.3 Å². The maximum Gasteiger partial charge on any atom is 0.307 e. The molecule has 1 aliphatic rings. The van der Waals surface area contributed by atoms with Crippen LogP contribution >= 0.6 is 0 Å². The number of carboxylic acid groups (broad SMARTS) is 1. The summed E-state index contributed by atoms with van der Waals surface area (Å²) in [5, 5.41) is 19.1. The molecule has 0 radical (unpaired) electrons. The molecule has 2 N–H and O–H groups in total. The first-order valence-corrected chi connectivity index (χ1v) is 6.75. The number of carbonyl (C=O) groups is 1. The molecule has 19 heavy (non-hydrogen) atoms. The van der Waals surface area contributed by atoms with Crippen LogP contribution in [0.25, 0.3) is 0 Å². The number of phenols is 1. The average molecular weight is 263 g/mol. The third-order valence-electron chi connectivity index (χ3n) is 3.98. The lowest BCUT2D eigenvalue weighted by atomic mass is 9.94. The van der Waals surface area contributed by atoms with Crippen LogP contribution in [0.4, 0.5) is 0 Å². The molecule has 1 heterocycles. The molecule has 0 bridgehead atoms. The van der Waals surface area contributed by atoms with Crippen molar-refractivity contribution in [2.45, 2.75) is 32.7 Å². The third kappa shape index (κ3) is 3.07. The van der Waals surface area contributed by atoms with Crippen LogP contribution in [0.5, 0.6) is 5.75 Å². The van der Waals surface area contributed by atoms with E-state index in [-0.39, 0.29) is 17.7 Å². The Labute approximate surface area is 113 Å². The van der Waals surface area contributed by atoms with Gasteiger partial charge in [0.05, 0.1) is 5.92 Å². The van der Waals surface area contributed by atoms with Crippen LogP contribution in [0.2, 0.25) is 0 Å². The van der Waals surface area contributed by atoms with Crippen molar-refractivity contribution in [2.24, 2.45) is 5.92 Å². The molecule has 0 amide bonds. The Balaban J connectivity index is 2.16. The summed E-state index contributed by atoms with van der Waals surface area (Å²) in [5.41, 5.74) is 1.98. The van der Waals surface area contributed by atoms with Crippen LogP contribution in [-0.2, 0) is 4.79 Å². The van der Waals surface area contributed by atoms with Gasteiger partial charge in [-0.3, -0.25) is 9.69 Å². The van der Waals surface area contributed by atoms with Gasteiger partial charge in [-0.15, -0.1) is 0 Å². The van der Waals surface area contributed by atoms with Crippen LogP contribution < -0.4 is 0 Å². The lowest BCUT2D eigenvalue weighted by Gasteiger charge is -2.35. The Kier molecular flexibility index (Phi) is 4.10. The number of nitrogens with zero attached hydrogens (tertiary/aromatic N) is 1. The Morgan fingerprint density at radius 3 is 2.89 bits per heavy atom. The number of carboxylic acids is 1. The van der Waals surface area contributed by atoms with Crippen LogP contribution in [0.1, 0.15) is 36.9 Å². The van der Waals surface area contributed by atoms with Gasteiger partial charge < -0.3 is 10.2 Å². The largest absolute Gasteiger partial charge is 0.508 e. The number of aromatic hydroxyl groups is 1. The first-order chi connectivity index (χ1) is 8.99. The zero-order chi connectivity index (χ0) is 14.0. The van der Waals surface area contributed by atoms with Crippen molar-refractivity contribution in [1.82, 2.24) is 4.90 Å². The van der Waals surface area contributed by atoms with E-state index in [1.807, 2.05) is 26.0 Å². The van der Waals surface area contributed by atoms with Gasteiger partial charge in [-0.05, 0) is 39.3 Å². The summed E-state index contributed by atoms with van der Waals surface area (Å²) >= 11 is 0. The third-order valence-corrected chi connectivity index (χ3v) is 3.98. The molecule has 2 unspecified atom stereocenters. The number of likely N-dealkylation sites (tertiary alicyclic amines) is 1. The normalized spacial score (nSPS) is 22.1. The molecule has 1 fully saturated rings. The minimum Gasteiger partial charge on any atom is -0.508 e. The van der Waals surface area contributed by atoms with Crippen molar-refractivity contribution in [2.75, 3.05) is 13.1 Å². The summed E-state index contributed by atoms with van der Waals surface area (Å²) in [4.78, 5) is 13.3. The molecule has 0 aliphatic carbocycles. The van der Waals surface area contributed by atoms with E-state index in [1.165, 1.54) is 0 Å². The fourth-order valence-electron chi connectivity index (χ4n) is 2.77. The Morgan fingerprint density at radius 2 is 2.21 bits per heavy atom. The molecule has 1 aliphatic heterocycles. The first kappa shape index (κ1) is 13.9. The van der Waals surface area contributed by atoms with E-state index in [2.05, 4.69) is 4.90 Å². The van der Waals surface area contributed by atoms with Gasteiger partial charge in [0.25, 0.3) is 0 Å². The van der Waals surface area contributed by atoms with Crippen LogP contribution in [0.15, 0.2) is 18.2 Å². The first-order valence-electron chi connectivity index (χ1n) is 6.75. The predicted molar refractivity (Wildman–Crippen MR) is 73.2 cm³/mol. The SMILES string of the molecule is Cc1ccc(O)c(C(C)N2CCCC(C(=O)O)C2)c1. The number of hydrogen-bond donors (Lipinski definition) is 2. The highest BCUT2D eigenvalue weighted by Crippen LogP contribution is 2.32. The molecule has 1 aromatic rings. The number of phenolic OH excluding ortho intramolecular Hbond substituents is 1. The topological polar surface area (TPSA) is 60.8 Å². The molecule has 2 rings (SSSR count). The van der Waals surface area contributed by atoms with Crippen LogP contribution in [0, 0.1) is 12.8 Å². The highest BCUT2D eigenvalue weighted by atomic mass is 16.4. The number of hydrogen-bond acceptors (Lipinski definition) is 3. The van der Waals surface area contributed by atoms with E-state index >= 15 is 0 Å². The maximum absolute atomic E-state index is 11.1. The lowest BCUT2D eigenvalue weighted by molar-refractivity contribution is -0.143. The van der Waals surface area contributed by atoms with Gasteiger partial charge in [0.1, 0.15) is 5.75 Å². The second-order valence-electron chi connectivity index (χ2n) is 5.41. The smallest absolute Gasteiger partial charge is 0.307 e. The van der Waals surface area contributed by atoms with Gasteiger partial charge in [0.2, 0.25) is 0 Å². The fraction of sp³-hybridized carbons (Fsp3) is 0.533. The van der Waals surface area contributed by atoms with Crippen molar-refractivity contribution in [3.8, 4) is 5.75 Å². The summed E-state index contributed by atoms with van der Waals surface area (Å²) in [6.07, 6.45) is 1.65. The van der Waals surface area contributed by atoms with Crippen molar-refractivity contribution >= 4 is 5.97 Å². The maximum atomic E-state index is 11.1. The zero-order valence-corrected chi connectivity index (χ0v) is 11.5. The number of aliphatic carboxylic acids is 1. The van der Waals surface area contributed by atoms with Gasteiger partial charge in [0, 0.05) is 18.2 Å². The minimum absolute atomic E-state index is 0.0436. The van der Waals surface area contributed by atoms with E-state index in [1.54, 1.807) is 6.07 Å². The molecule has 2 atom stereocenters. The van der Waals surface area contributed by atoms with Crippen molar-refractivity contribution < 1.29 is 15.0 Å². The molecule has 0 saturated carbocycles. The minimum atomic E-state index is -0.717. The highest BCUT2D eigenvalue weighted by molar-refractivity contribution is 5.70. The molecule has 4 heteroatoms. The Bertz CT molecular complexity index is 472. The number of benzene rings is 1. The quantitative estimate of drug-likeness (QED) is 0.880. The van der Waals surface area contributed by atoms with E-state index < -0.39 is 5.97 Å². The molecule has 1 aromatic carbocycles. The molecular weight excluding hydrogens is 242 g/mol. The van der Waals surface area contributed by atoms with Gasteiger partial charge in [-0.1, -0.05) is 17.7 Å². The summed E-state index contributed by atoms with van der Waals surface area (Å²) in [6.45, 7) is 5.47. The standard InChI is InChI=1S/C15H21NO3/c1-10-5-6-14(17)13(8-10)11(2)16-7-3-4-12(9-16)15(18)19/h5-6,8,11-12,17H,3-4,7,9H2,1-2H3,(H,18,19). The fourth-order valence-corrected chi connectivity index (χ4v) is 2.77. The number of piperidine rings is 1. The summed E-state index contributed by atoms with van der Waals surface area (Å²) in [6, 6.07) is 5.61. The summed E-state index contributed by atoms with van der Waals surface area (Å²) < 4.78 is 0. The molecular formula is C15H21NO3. The molecule has 0 spiro atoms. The second kappa shape index (κ2) is 5.61. The lowest BCUT2D eigenvalue weighted by Crippen LogP contribution is -2.40. The summed E-state index contributed by atoms with van der Waals surface area (Å²) in [7, 11) is 0. The Morgan fingerprint density at radius 1 is 1.47 bits per heavy atom. The molecule has 0 aromatic heterocycles. The van der Waals surface area contributed by atoms with E-state index in [4.69, 9.17) is 5.11 Å². The van der Waals surface area contributed by atoms with Crippen molar-refractivity contribution in [3.63, 3.8) is 0 Å².